The Kier molecular flexibility index (Phi) is 3.16. The SMILES string of the molecule is Nc1cc(F)ccc1-c1nc(C2CCCOC2)no1. The third-order valence-corrected chi connectivity index (χ3v) is 3.21. The number of nitrogens with zero attached hydrogens (tertiary/aromatic N) is 2. The minimum Gasteiger partial charge on any atom is -0.398 e. The quantitative estimate of drug-likeness (QED) is 0.842. The standard InChI is InChI=1S/C13H14FN3O2/c14-9-3-4-10(11(15)6-9)13-16-12(17-19-13)8-2-1-5-18-7-8/h3-4,6,8H,1-2,5,7,15H2. The van der Waals surface area contributed by atoms with Crippen molar-refractivity contribution in [1.29, 1.82) is 0 Å². The van der Waals surface area contributed by atoms with Gasteiger partial charge < -0.3 is 15.0 Å². The highest BCUT2D eigenvalue weighted by Crippen LogP contribution is 2.28. The molecule has 0 bridgehead atoms. The van der Waals surface area contributed by atoms with Crippen LogP contribution in [0.25, 0.3) is 11.5 Å². The van der Waals surface area contributed by atoms with E-state index in [4.69, 9.17) is 15.0 Å². The first-order valence-corrected chi connectivity index (χ1v) is 6.21. The summed E-state index contributed by atoms with van der Waals surface area (Å²) in [6.07, 6.45) is 1.98. The third kappa shape index (κ3) is 2.44. The molecule has 0 amide bonds. The Hall–Kier alpha value is -1.95. The van der Waals surface area contributed by atoms with Crippen LogP contribution in [0.2, 0.25) is 0 Å². The number of benzene rings is 1. The van der Waals surface area contributed by atoms with E-state index in [0.29, 0.717) is 23.9 Å². The molecule has 5 nitrogen and oxygen atoms in total. The lowest BCUT2D eigenvalue weighted by Crippen LogP contribution is -2.16. The number of hydrogen-bond acceptors (Lipinski definition) is 5. The fourth-order valence-corrected chi connectivity index (χ4v) is 2.18. The van der Waals surface area contributed by atoms with E-state index in [1.165, 1.54) is 12.1 Å². The van der Waals surface area contributed by atoms with E-state index in [-0.39, 0.29) is 17.4 Å². The lowest BCUT2D eigenvalue weighted by Gasteiger charge is -2.18. The number of ether oxygens (including phenoxy) is 1. The van der Waals surface area contributed by atoms with Gasteiger partial charge in [-0.3, -0.25) is 0 Å². The zero-order valence-corrected chi connectivity index (χ0v) is 10.3. The molecular formula is C13H14FN3O2. The Labute approximate surface area is 109 Å². The number of rotatable bonds is 2. The minimum absolute atomic E-state index is 0.160. The third-order valence-electron chi connectivity index (χ3n) is 3.21. The fourth-order valence-electron chi connectivity index (χ4n) is 2.18. The van der Waals surface area contributed by atoms with Gasteiger partial charge in [0.1, 0.15) is 5.82 Å². The number of halogens is 1. The number of hydrogen-bond donors (Lipinski definition) is 1. The lowest BCUT2D eigenvalue weighted by molar-refractivity contribution is 0.0773. The molecule has 100 valence electrons. The van der Waals surface area contributed by atoms with Crippen molar-refractivity contribution in [1.82, 2.24) is 10.1 Å². The second kappa shape index (κ2) is 4.97. The highest BCUT2D eigenvalue weighted by molar-refractivity contribution is 5.70. The zero-order chi connectivity index (χ0) is 13.2. The summed E-state index contributed by atoms with van der Waals surface area (Å²) >= 11 is 0. The molecule has 2 aromatic rings. The molecule has 0 saturated carbocycles. The zero-order valence-electron chi connectivity index (χ0n) is 10.3. The summed E-state index contributed by atoms with van der Waals surface area (Å²) in [7, 11) is 0. The van der Waals surface area contributed by atoms with Crippen molar-refractivity contribution in [3.63, 3.8) is 0 Å². The maximum atomic E-state index is 13.0. The number of nitrogens with two attached hydrogens (primary N) is 1. The summed E-state index contributed by atoms with van der Waals surface area (Å²) in [5, 5.41) is 3.96. The van der Waals surface area contributed by atoms with Gasteiger partial charge in [0.2, 0.25) is 0 Å². The lowest BCUT2D eigenvalue weighted by atomic mass is 10.0. The first-order chi connectivity index (χ1) is 9.24. The molecule has 2 heterocycles. The topological polar surface area (TPSA) is 74.2 Å². The van der Waals surface area contributed by atoms with Crippen LogP contribution in [0.4, 0.5) is 10.1 Å². The fraction of sp³-hybridized carbons (Fsp3) is 0.385. The summed E-state index contributed by atoms with van der Waals surface area (Å²) in [6, 6.07) is 4.10. The second-order valence-electron chi connectivity index (χ2n) is 4.60. The largest absolute Gasteiger partial charge is 0.398 e. The van der Waals surface area contributed by atoms with E-state index in [1.54, 1.807) is 6.07 Å². The highest BCUT2D eigenvalue weighted by Gasteiger charge is 2.22. The molecule has 2 N–H and O–H groups in total. The molecule has 1 saturated heterocycles. The number of nitrogen functional groups attached to an aromatic ring is 1. The van der Waals surface area contributed by atoms with Gasteiger partial charge in [0.25, 0.3) is 5.89 Å². The predicted molar refractivity (Wildman–Crippen MR) is 66.9 cm³/mol. The summed E-state index contributed by atoms with van der Waals surface area (Å²) < 4.78 is 23.6. The van der Waals surface area contributed by atoms with E-state index in [1.807, 2.05) is 0 Å². The molecule has 1 atom stereocenters. The molecule has 0 spiro atoms. The molecule has 19 heavy (non-hydrogen) atoms. The van der Waals surface area contributed by atoms with E-state index in [0.717, 1.165) is 19.4 Å². The molecule has 1 aromatic carbocycles. The summed E-state index contributed by atoms with van der Waals surface area (Å²) in [5.41, 5.74) is 6.59. The Morgan fingerprint density at radius 2 is 2.26 bits per heavy atom. The van der Waals surface area contributed by atoms with Crippen LogP contribution in [0.15, 0.2) is 22.7 Å². The highest BCUT2D eigenvalue weighted by atomic mass is 19.1. The monoisotopic (exact) mass is 263 g/mol. The average molecular weight is 263 g/mol. The van der Waals surface area contributed by atoms with Crippen molar-refractivity contribution in [2.75, 3.05) is 18.9 Å². The summed E-state index contributed by atoms with van der Waals surface area (Å²) in [4.78, 5) is 4.33. The Morgan fingerprint density at radius 3 is 3.00 bits per heavy atom. The van der Waals surface area contributed by atoms with Gasteiger partial charge in [-0.15, -0.1) is 0 Å². The van der Waals surface area contributed by atoms with Crippen LogP contribution >= 0.6 is 0 Å². The van der Waals surface area contributed by atoms with Crippen molar-refractivity contribution in [2.24, 2.45) is 0 Å². The molecule has 1 unspecified atom stereocenters. The number of aromatic nitrogens is 2. The van der Waals surface area contributed by atoms with Crippen molar-refractivity contribution in [3.8, 4) is 11.5 Å². The van der Waals surface area contributed by atoms with Crippen LogP contribution in [-0.4, -0.2) is 23.4 Å². The molecule has 1 aliphatic heterocycles. The van der Waals surface area contributed by atoms with Gasteiger partial charge in [0, 0.05) is 18.2 Å². The van der Waals surface area contributed by atoms with Crippen LogP contribution in [0, 0.1) is 5.82 Å². The van der Waals surface area contributed by atoms with Crippen LogP contribution in [-0.2, 0) is 4.74 Å². The van der Waals surface area contributed by atoms with Crippen LogP contribution in [0.3, 0.4) is 0 Å². The summed E-state index contributed by atoms with van der Waals surface area (Å²) in [5.74, 6) is 0.714. The Morgan fingerprint density at radius 1 is 1.37 bits per heavy atom. The van der Waals surface area contributed by atoms with Gasteiger partial charge in [0.05, 0.1) is 12.2 Å². The maximum absolute atomic E-state index is 13.0. The first kappa shape index (κ1) is 12.1. The van der Waals surface area contributed by atoms with Gasteiger partial charge in [-0.2, -0.15) is 4.98 Å². The van der Waals surface area contributed by atoms with Gasteiger partial charge in [0.15, 0.2) is 5.82 Å². The van der Waals surface area contributed by atoms with Crippen molar-refractivity contribution in [2.45, 2.75) is 18.8 Å². The molecule has 3 rings (SSSR count). The summed E-state index contributed by atoms with van der Waals surface area (Å²) in [6.45, 7) is 1.39. The van der Waals surface area contributed by atoms with Gasteiger partial charge >= 0.3 is 0 Å². The van der Waals surface area contributed by atoms with Crippen molar-refractivity contribution in [3.05, 3.63) is 29.8 Å². The second-order valence-corrected chi connectivity index (χ2v) is 4.60. The number of anilines is 1. The van der Waals surface area contributed by atoms with Crippen LogP contribution in [0.1, 0.15) is 24.6 Å². The molecule has 1 aliphatic rings. The smallest absolute Gasteiger partial charge is 0.260 e. The van der Waals surface area contributed by atoms with Crippen molar-refractivity contribution < 1.29 is 13.7 Å². The van der Waals surface area contributed by atoms with Gasteiger partial charge in [-0.1, -0.05) is 5.16 Å². The Bertz CT molecular complexity index is 579. The first-order valence-electron chi connectivity index (χ1n) is 6.21. The van der Waals surface area contributed by atoms with E-state index < -0.39 is 0 Å². The minimum atomic E-state index is -0.387. The molecule has 6 heteroatoms. The van der Waals surface area contributed by atoms with Gasteiger partial charge in [-0.05, 0) is 31.0 Å². The molecular weight excluding hydrogens is 249 g/mol. The normalized spacial score (nSPS) is 19.5. The molecule has 1 fully saturated rings. The maximum Gasteiger partial charge on any atom is 0.260 e. The predicted octanol–water partition coefficient (Wildman–Crippen LogP) is 2.35. The van der Waals surface area contributed by atoms with Crippen LogP contribution in [0.5, 0.6) is 0 Å². The van der Waals surface area contributed by atoms with E-state index >= 15 is 0 Å². The molecule has 1 aromatic heterocycles. The van der Waals surface area contributed by atoms with Gasteiger partial charge in [-0.25, -0.2) is 4.39 Å². The van der Waals surface area contributed by atoms with Crippen molar-refractivity contribution >= 4 is 5.69 Å². The van der Waals surface area contributed by atoms with E-state index in [9.17, 15) is 4.39 Å². The molecule has 0 aliphatic carbocycles. The Balaban J connectivity index is 1.87. The van der Waals surface area contributed by atoms with Crippen LogP contribution < -0.4 is 5.73 Å². The average Bonchev–Trinajstić information content (AvgIpc) is 2.89. The molecule has 0 radical (unpaired) electrons. The van der Waals surface area contributed by atoms with E-state index in [2.05, 4.69) is 10.1 Å².